The fraction of sp³-hybridized carbons (Fsp3) is 0.222. The van der Waals surface area contributed by atoms with E-state index in [0.29, 0.717) is 11.8 Å². The van der Waals surface area contributed by atoms with Gasteiger partial charge in [-0.25, -0.2) is 4.98 Å². The van der Waals surface area contributed by atoms with Crippen LogP contribution in [0, 0.1) is 6.92 Å². The van der Waals surface area contributed by atoms with Crippen molar-refractivity contribution in [1.29, 1.82) is 0 Å². The topological polar surface area (TPSA) is 26.0 Å². The molecule has 0 saturated carbocycles. The molecule has 0 atom stereocenters. The average molecular weight is 214 g/mol. The Balaban J connectivity index is 2.43. The molecule has 2 aromatic rings. The summed E-state index contributed by atoms with van der Waals surface area (Å²) in [5.41, 5.74) is 1.84. The van der Waals surface area contributed by atoms with Crippen molar-refractivity contribution in [1.82, 2.24) is 4.98 Å². The molecule has 0 amide bonds. The number of aromatic nitrogens is 1. The van der Waals surface area contributed by atoms with Gasteiger partial charge in [-0.2, -0.15) is 11.3 Å². The van der Waals surface area contributed by atoms with Crippen LogP contribution in [0.4, 0.5) is 0 Å². The largest absolute Gasteiger partial charge is 0.441 e. The lowest BCUT2D eigenvalue weighted by Crippen LogP contribution is -1.79. The standard InChI is InChI=1S/C9H8ClNOS/c1-6-8(4-10)11-9(12-6)7-2-3-13-5-7/h2-3,5H,4H2,1H3. The quantitative estimate of drug-likeness (QED) is 0.715. The highest BCUT2D eigenvalue weighted by Crippen LogP contribution is 2.24. The van der Waals surface area contributed by atoms with Gasteiger partial charge in [-0.05, 0) is 18.4 Å². The van der Waals surface area contributed by atoms with Crippen LogP contribution in [0.2, 0.25) is 0 Å². The van der Waals surface area contributed by atoms with Crippen LogP contribution < -0.4 is 0 Å². The average Bonchev–Trinajstić information content (AvgIpc) is 2.71. The van der Waals surface area contributed by atoms with Gasteiger partial charge >= 0.3 is 0 Å². The molecule has 0 aliphatic carbocycles. The van der Waals surface area contributed by atoms with E-state index in [1.54, 1.807) is 11.3 Å². The highest BCUT2D eigenvalue weighted by Gasteiger charge is 2.09. The number of alkyl halides is 1. The fourth-order valence-corrected chi connectivity index (χ4v) is 1.94. The van der Waals surface area contributed by atoms with Crippen molar-refractivity contribution in [3.8, 4) is 11.5 Å². The minimum absolute atomic E-state index is 0.402. The van der Waals surface area contributed by atoms with Crippen LogP contribution in [0.5, 0.6) is 0 Å². The van der Waals surface area contributed by atoms with E-state index in [1.165, 1.54) is 0 Å². The maximum Gasteiger partial charge on any atom is 0.227 e. The van der Waals surface area contributed by atoms with E-state index in [-0.39, 0.29) is 0 Å². The molecule has 2 aromatic heterocycles. The third kappa shape index (κ3) is 1.62. The van der Waals surface area contributed by atoms with Crippen LogP contribution in [-0.4, -0.2) is 4.98 Å². The second-order valence-electron chi connectivity index (χ2n) is 2.67. The van der Waals surface area contributed by atoms with Crippen LogP contribution in [0.25, 0.3) is 11.5 Å². The van der Waals surface area contributed by atoms with E-state index >= 15 is 0 Å². The molecule has 2 heterocycles. The summed E-state index contributed by atoms with van der Waals surface area (Å²) in [5.74, 6) is 1.87. The Morgan fingerprint density at radius 3 is 3.00 bits per heavy atom. The Bertz CT molecular complexity index is 394. The molecule has 0 radical (unpaired) electrons. The van der Waals surface area contributed by atoms with Gasteiger partial charge in [-0.3, -0.25) is 0 Å². The van der Waals surface area contributed by atoms with Crippen molar-refractivity contribution in [3.63, 3.8) is 0 Å². The monoisotopic (exact) mass is 213 g/mol. The number of hydrogen-bond donors (Lipinski definition) is 0. The molecule has 0 aliphatic rings. The first-order chi connectivity index (χ1) is 6.31. The Morgan fingerprint density at radius 1 is 1.62 bits per heavy atom. The number of hydrogen-bond acceptors (Lipinski definition) is 3. The highest BCUT2D eigenvalue weighted by atomic mass is 35.5. The molecule has 0 saturated heterocycles. The summed E-state index contributed by atoms with van der Waals surface area (Å²) in [4.78, 5) is 4.28. The van der Waals surface area contributed by atoms with Gasteiger partial charge in [0.15, 0.2) is 0 Å². The first-order valence-corrected chi connectivity index (χ1v) is 5.34. The minimum atomic E-state index is 0.402. The Kier molecular flexibility index (Phi) is 2.38. The maximum atomic E-state index is 5.69. The van der Waals surface area contributed by atoms with Crippen LogP contribution >= 0.6 is 22.9 Å². The molecule has 0 aromatic carbocycles. The predicted octanol–water partition coefficient (Wildman–Crippen LogP) is 3.45. The summed E-state index contributed by atoms with van der Waals surface area (Å²) in [6.07, 6.45) is 0. The van der Waals surface area contributed by atoms with Crippen LogP contribution in [0.3, 0.4) is 0 Å². The lowest BCUT2D eigenvalue weighted by molar-refractivity contribution is 0.541. The van der Waals surface area contributed by atoms with Gasteiger partial charge in [-0.15, -0.1) is 11.6 Å². The van der Waals surface area contributed by atoms with Crippen LogP contribution in [0.1, 0.15) is 11.5 Å². The molecule has 0 aliphatic heterocycles. The number of aryl methyl sites for hydroxylation is 1. The van der Waals surface area contributed by atoms with Crippen molar-refractivity contribution >= 4 is 22.9 Å². The summed E-state index contributed by atoms with van der Waals surface area (Å²) >= 11 is 7.31. The lowest BCUT2D eigenvalue weighted by Gasteiger charge is -1.85. The van der Waals surface area contributed by atoms with E-state index in [2.05, 4.69) is 4.98 Å². The molecular formula is C9H8ClNOS. The highest BCUT2D eigenvalue weighted by molar-refractivity contribution is 7.08. The van der Waals surface area contributed by atoms with Crippen molar-refractivity contribution in [2.24, 2.45) is 0 Å². The van der Waals surface area contributed by atoms with Gasteiger partial charge < -0.3 is 4.42 Å². The maximum absolute atomic E-state index is 5.69. The molecule has 0 unspecified atom stereocenters. The molecule has 4 heteroatoms. The van der Waals surface area contributed by atoms with E-state index in [0.717, 1.165) is 17.0 Å². The Morgan fingerprint density at radius 2 is 2.46 bits per heavy atom. The minimum Gasteiger partial charge on any atom is -0.441 e. The first kappa shape index (κ1) is 8.78. The number of halogens is 1. The smallest absolute Gasteiger partial charge is 0.227 e. The number of thiophene rings is 1. The van der Waals surface area contributed by atoms with Crippen molar-refractivity contribution in [2.45, 2.75) is 12.8 Å². The fourth-order valence-electron chi connectivity index (χ4n) is 1.06. The van der Waals surface area contributed by atoms with Crippen molar-refractivity contribution in [2.75, 3.05) is 0 Å². The zero-order valence-corrected chi connectivity index (χ0v) is 8.65. The normalized spacial score (nSPS) is 10.6. The second kappa shape index (κ2) is 3.52. The number of nitrogens with zero attached hydrogens (tertiary/aromatic N) is 1. The van der Waals surface area contributed by atoms with Gasteiger partial charge in [0.05, 0.1) is 11.6 Å². The molecule has 0 bridgehead atoms. The summed E-state index contributed by atoms with van der Waals surface area (Å²) in [7, 11) is 0. The SMILES string of the molecule is Cc1oc(-c2ccsc2)nc1CCl. The van der Waals surface area contributed by atoms with Crippen molar-refractivity contribution in [3.05, 3.63) is 28.3 Å². The Hall–Kier alpha value is -0.800. The van der Waals surface area contributed by atoms with E-state index in [4.69, 9.17) is 16.0 Å². The second-order valence-corrected chi connectivity index (χ2v) is 3.71. The van der Waals surface area contributed by atoms with Crippen LogP contribution in [-0.2, 0) is 5.88 Å². The summed E-state index contributed by atoms with van der Waals surface area (Å²) in [6, 6.07) is 1.98. The van der Waals surface area contributed by atoms with E-state index in [1.807, 2.05) is 23.8 Å². The molecule has 13 heavy (non-hydrogen) atoms. The molecule has 0 N–H and O–H groups in total. The predicted molar refractivity (Wildman–Crippen MR) is 54.1 cm³/mol. The van der Waals surface area contributed by atoms with Crippen LogP contribution in [0.15, 0.2) is 21.2 Å². The number of rotatable bonds is 2. The molecular weight excluding hydrogens is 206 g/mol. The third-order valence-electron chi connectivity index (χ3n) is 1.79. The zero-order chi connectivity index (χ0) is 9.26. The first-order valence-electron chi connectivity index (χ1n) is 3.86. The molecule has 2 rings (SSSR count). The summed E-state index contributed by atoms with van der Waals surface area (Å²) in [6.45, 7) is 1.88. The summed E-state index contributed by atoms with van der Waals surface area (Å²) in [5, 5.41) is 4.00. The van der Waals surface area contributed by atoms with Gasteiger partial charge in [0, 0.05) is 10.9 Å². The molecule has 68 valence electrons. The van der Waals surface area contributed by atoms with Gasteiger partial charge in [0.25, 0.3) is 0 Å². The van der Waals surface area contributed by atoms with Gasteiger partial charge in [-0.1, -0.05) is 0 Å². The third-order valence-corrected chi connectivity index (χ3v) is 2.72. The lowest BCUT2D eigenvalue weighted by atomic mass is 10.3. The molecule has 0 spiro atoms. The summed E-state index contributed by atoms with van der Waals surface area (Å²) < 4.78 is 5.46. The Labute approximate surface area is 85.2 Å². The van der Waals surface area contributed by atoms with E-state index < -0.39 is 0 Å². The van der Waals surface area contributed by atoms with Gasteiger partial charge in [0.2, 0.25) is 5.89 Å². The van der Waals surface area contributed by atoms with Gasteiger partial charge in [0.1, 0.15) is 5.76 Å². The van der Waals surface area contributed by atoms with E-state index in [9.17, 15) is 0 Å². The number of oxazole rings is 1. The van der Waals surface area contributed by atoms with Crippen molar-refractivity contribution < 1.29 is 4.42 Å². The molecule has 2 nitrogen and oxygen atoms in total. The zero-order valence-electron chi connectivity index (χ0n) is 7.08. The molecule has 0 fully saturated rings.